The minimum Gasteiger partial charge on any atom is -0.386 e. The molecule has 3 N–H and O–H groups in total. The molecule has 0 spiro atoms. The SMILES string of the molecule is CC(C)c1cc(F)cc(C(C)C)c1CC(=O)/N=S(/N)c1ccc(C(C)(C)O)cc1. The second-order valence-electron chi connectivity index (χ2n) is 8.43. The molecule has 1 amide bonds. The summed E-state index contributed by atoms with van der Waals surface area (Å²) in [6.07, 6.45) is 0.101. The lowest BCUT2D eigenvalue weighted by molar-refractivity contribution is -0.117. The summed E-state index contributed by atoms with van der Waals surface area (Å²) in [5.74, 6) is -0.415. The quantitative estimate of drug-likeness (QED) is 0.685. The molecule has 0 saturated carbocycles. The Morgan fingerprint density at radius 3 is 2.00 bits per heavy atom. The van der Waals surface area contributed by atoms with E-state index < -0.39 is 16.5 Å². The van der Waals surface area contributed by atoms with Gasteiger partial charge in [-0.2, -0.15) is 4.36 Å². The van der Waals surface area contributed by atoms with Crippen molar-refractivity contribution in [1.82, 2.24) is 0 Å². The minimum atomic E-state index is -1.09. The molecule has 2 aromatic carbocycles. The van der Waals surface area contributed by atoms with E-state index in [1.165, 1.54) is 12.1 Å². The summed E-state index contributed by atoms with van der Waals surface area (Å²) >= 11 is 0. The van der Waals surface area contributed by atoms with Crippen LogP contribution in [0.4, 0.5) is 4.39 Å². The van der Waals surface area contributed by atoms with Crippen molar-refractivity contribution in [2.45, 2.75) is 70.3 Å². The molecule has 0 heterocycles. The van der Waals surface area contributed by atoms with Crippen LogP contribution in [-0.4, -0.2) is 11.0 Å². The molecule has 2 aromatic rings. The first-order valence-electron chi connectivity index (χ1n) is 9.78. The summed E-state index contributed by atoms with van der Waals surface area (Å²) in [6.45, 7) is 11.4. The molecule has 158 valence electrons. The molecule has 0 radical (unpaired) electrons. The number of nitrogens with two attached hydrogens (primary N) is 1. The minimum absolute atomic E-state index is 0.0940. The van der Waals surface area contributed by atoms with Gasteiger partial charge in [-0.05, 0) is 72.2 Å². The van der Waals surface area contributed by atoms with Crippen molar-refractivity contribution < 1.29 is 14.3 Å². The van der Waals surface area contributed by atoms with Crippen LogP contribution in [0.5, 0.6) is 0 Å². The highest BCUT2D eigenvalue weighted by molar-refractivity contribution is 7.85. The van der Waals surface area contributed by atoms with Gasteiger partial charge in [-0.1, -0.05) is 39.8 Å². The van der Waals surface area contributed by atoms with Crippen molar-refractivity contribution in [2.24, 2.45) is 9.50 Å². The fourth-order valence-corrected chi connectivity index (χ4v) is 4.07. The lowest BCUT2D eigenvalue weighted by Crippen LogP contribution is -2.16. The van der Waals surface area contributed by atoms with Crippen molar-refractivity contribution in [1.29, 1.82) is 0 Å². The normalized spacial score (nSPS) is 13.3. The Bertz CT molecular complexity index is 884. The van der Waals surface area contributed by atoms with Gasteiger partial charge in [0.2, 0.25) is 0 Å². The Kier molecular flexibility index (Phi) is 7.49. The molecule has 0 bridgehead atoms. The highest BCUT2D eigenvalue weighted by Crippen LogP contribution is 2.30. The summed E-state index contributed by atoms with van der Waals surface area (Å²) in [5, 5.41) is 16.2. The second-order valence-corrected chi connectivity index (χ2v) is 9.72. The molecule has 0 saturated heterocycles. The van der Waals surface area contributed by atoms with E-state index in [1.807, 2.05) is 27.7 Å². The first-order valence-corrected chi connectivity index (χ1v) is 11.0. The van der Waals surface area contributed by atoms with Crippen LogP contribution in [0, 0.1) is 5.82 Å². The largest absolute Gasteiger partial charge is 0.386 e. The van der Waals surface area contributed by atoms with Gasteiger partial charge in [-0.15, -0.1) is 0 Å². The van der Waals surface area contributed by atoms with E-state index in [0.29, 0.717) is 0 Å². The molecule has 1 unspecified atom stereocenters. The molecule has 4 nitrogen and oxygen atoms in total. The number of carbonyl (C=O) groups is 1. The van der Waals surface area contributed by atoms with Crippen LogP contribution < -0.4 is 5.14 Å². The Balaban J connectivity index is 2.32. The fraction of sp³-hybridized carbons (Fsp3) is 0.435. The van der Waals surface area contributed by atoms with Crippen LogP contribution in [0.1, 0.15) is 75.6 Å². The van der Waals surface area contributed by atoms with E-state index in [9.17, 15) is 14.3 Å². The zero-order valence-electron chi connectivity index (χ0n) is 18.0. The monoisotopic (exact) mass is 418 g/mol. The zero-order valence-corrected chi connectivity index (χ0v) is 18.8. The van der Waals surface area contributed by atoms with E-state index in [0.717, 1.165) is 27.1 Å². The lowest BCUT2D eigenvalue weighted by Gasteiger charge is -2.19. The number of benzene rings is 2. The molecule has 0 aliphatic heterocycles. The molecule has 0 fully saturated rings. The van der Waals surface area contributed by atoms with Crippen molar-refractivity contribution in [3.8, 4) is 0 Å². The van der Waals surface area contributed by atoms with Gasteiger partial charge in [0.25, 0.3) is 5.91 Å². The maximum absolute atomic E-state index is 14.1. The summed E-state index contributed by atoms with van der Waals surface area (Å²) in [5.41, 5.74) is 2.34. The lowest BCUT2D eigenvalue weighted by atomic mass is 9.87. The van der Waals surface area contributed by atoms with Gasteiger partial charge in [0.1, 0.15) is 5.82 Å². The van der Waals surface area contributed by atoms with E-state index in [1.54, 1.807) is 38.1 Å². The average Bonchev–Trinajstić information content (AvgIpc) is 2.61. The molecular formula is C23H31FN2O2S. The van der Waals surface area contributed by atoms with Crippen LogP contribution in [0.3, 0.4) is 0 Å². The summed E-state index contributed by atoms with van der Waals surface area (Å²) in [4.78, 5) is 13.4. The number of rotatable bonds is 6. The number of amides is 1. The van der Waals surface area contributed by atoms with Crippen molar-refractivity contribution in [2.75, 3.05) is 0 Å². The van der Waals surface area contributed by atoms with Crippen LogP contribution in [-0.2, 0) is 27.7 Å². The van der Waals surface area contributed by atoms with Crippen LogP contribution >= 0.6 is 0 Å². The highest BCUT2D eigenvalue weighted by atomic mass is 32.2. The topological polar surface area (TPSA) is 75.7 Å². The number of halogens is 1. The second kappa shape index (κ2) is 9.28. The van der Waals surface area contributed by atoms with Crippen molar-refractivity contribution in [3.05, 3.63) is 64.5 Å². The zero-order chi connectivity index (χ0) is 21.9. The van der Waals surface area contributed by atoms with E-state index in [2.05, 4.69) is 4.36 Å². The first-order chi connectivity index (χ1) is 13.4. The standard InChI is InChI=1S/C23H31FN2O2S/c1-14(2)19-11-17(24)12-20(15(3)4)21(19)13-22(27)26-29(25)18-9-7-16(8-10-18)23(5,6)28/h7-12,14-15,28H,13H2,1-6H3,(H2,25,26,27). The first kappa shape index (κ1) is 23.4. The third-order valence-electron chi connectivity index (χ3n) is 4.86. The maximum atomic E-state index is 14.1. The molecular weight excluding hydrogens is 387 g/mol. The van der Waals surface area contributed by atoms with Crippen molar-refractivity contribution >= 4 is 16.8 Å². The molecule has 29 heavy (non-hydrogen) atoms. The Labute approximate surface area is 175 Å². The number of aliphatic hydroxyl groups is 1. The predicted octanol–water partition coefficient (Wildman–Crippen LogP) is 5.10. The van der Waals surface area contributed by atoms with E-state index in [4.69, 9.17) is 5.14 Å². The van der Waals surface area contributed by atoms with Gasteiger partial charge >= 0.3 is 0 Å². The van der Waals surface area contributed by atoms with Crippen molar-refractivity contribution in [3.63, 3.8) is 0 Å². The van der Waals surface area contributed by atoms with Gasteiger partial charge in [0.05, 0.1) is 12.0 Å². The summed E-state index contributed by atoms with van der Waals surface area (Å²) in [7, 11) is -1.09. The molecule has 0 aromatic heterocycles. The molecule has 6 heteroatoms. The number of carbonyl (C=O) groups excluding carboxylic acids is 1. The third kappa shape index (κ3) is 6.04. The predicted molar refractivity (Wildman–Crippen MR) is 117 cm³/mol. The molecule has 1 atom stereocenters. The van der Waals surface area contributed by atoms with Gasteiger partial charge < -0.3 is 5.11 Å². The molecule has 0 aliphatic rings. The fourth-order valence-electron chi connectivity index (χ4n) is 3.26. The van der Waals surface area contributed by atoms with Gasteiger partial charge in [-0.25, -0.2) is 4.39 Å². The van der Waals surface area contributed by atoms with Crippen LogP contribution in [0.2, 0.25) is 0 Å². The van der Waals surface area contributed by atoms with E-state index >= 15 is 0 Å². The van der Waals surface area contributed by atoms with E-state index in [-0.39, 0.29) is 30.0 Å². The smallest absolute Gasteiger partial charge is 0.257 e. The number of nitrogens with zero attached hydrogens (tertiary/aromatic N) is 1. The molecule has 0 aliphatic carbocycles. The van der Waals surface area contributed by atoms with Crippen LogP contribution in [0.15, 0.2) is 45.7 Å². The van der Waals surface area contributed by atoms with Gasteiger partial charge in [0.15, 0.2) is 0 Å². The number of hydrogen-bond donors (Lipinski definition) is 2. The summed E-state index contributed by atoms with van der Waals surface area (Å²) in [6, 6.07) is 10.2. The number of hydrogen-bond acceptors (Lipinski definition) is 2. The Morgan fingerprint density at radius 2 is 1.59 bits per heavy atom. The molecule has 2 rings (SSSR count). The Morgan fingerprint density at radius 1 is 1.10 bits per heavy atom. The average molecular weight is 419 g/mol. The Hall–Kier alpha value is -1.89. The van der Waals surface area contributed by atoms with Crippen LogP contribution in [0.25, 0.3) is 0 Å². The maximum Gasteiger partial charge on any atom is 0.257 e. The highest BCUT2D eigenvalue weighted by Gasteiger charge is 2.19. The third-order valence-corrected chi connectivity index (χ3v) is 6.01. The van der Waals surface area contributed by atoms with Gasteiger partial charge in [-0.3, -0.25) is 9.93 Å². The van der Waals surface area contributed by atoms with Gasteiger partial charge in [0, 0.05) is 15.8 Å². The summed E-state index contributed by atoms with van der Waals surface area (Å²) < 4.78 is 18.2.